The monoisotopic (exact) mass is 524 g/mol. The lowest BCUT2D eigenvalue weighted by Crippen LogP contribution is -2.44. The first-order valence-electron chi connectivity index (χ1n) is 9.86. The van der Waals surface area contributed by atoms with Gasteiger partial charge in [0.2, 0.25) is 10.0 Å². The molecule has 7 nitrogen and oxygen atoms in total. The zero-order chi connectivity index (χ0) is 26.2. The third-order valence-electron chi connectivity index (χ3n) is 5.59. The molecule has 2 N–H and O–H groups in total. The van der Waals surface area contributed by atoms with Crippen LogP contribution in [0.4, 0.5) is 26.3 Å². The Balaban J connectivity index is 1.82. The average molecular weight is 524 g/mol. The first-order chi connectivity index (χ1) is 16.1. The fourth-order valence-electron chi connectivity index (χ4n) is 3.58. The van der Waals surface area contributed by atoms with Crippen LogP contribution in [-0.2, 0) is 22.4 Å². The normalized spacial score (nSPS) is 21.6. The highest BCUT2D eigenvalue weighted by Crippen LogP contribution is 2.36. The molecule has 0 amide bonds. The summed E-state index contributed by atoms with van der Waals surface area (Å²) in [7, 11) is -4.57. The van der Waals surface area contributed by atoms with Crippen molar-refractivity contribution in [1.82, 2.24) is 4.31 Å². The zero-order valence-electron chi connectivity index (χ0n) is 17.6. The number of hydrogen-bond donors (Lipinski definition) is 2. The third kappa shape index (κ3) is 5.53. The van der Waals surface area contributed by atoms with E-state index in [1.165, 1.54) is 6.07 Å². The van der Waals surface area contributed by atoms with E-state index < -0.39 is 81.8 Å². The number of ether oxygens (including phenoxy) is 1. The smallest absolute Gasteiger partial charge is 0.416 e. The second-order valence-corrected chi connectivity index (χ2v) is 9.82. The number of aliphatic hydroxyl groups excluding tert-OH is 1. The fraction of sp³-hybridized carbons (Fsp3) is 0.381. The Morgan fingerprint density at radius 2 is 1.63 bits per heavy atom. The third-order valence-corrected chi connectivity index (χ3v) is 7.46. The van der Waals surface area contributed by atoms with Crippen LogP contribution >= 0.6 is 0 Å². The number of alkyl halides is 6. The molecule has 0 radical (unpaired) electrons. The first kappa shape index (κ1) is 26.7. The number of hydrogen-bond acceptors (Lipinski definition) is 6. The molecule has 3 rings (SSSR count). The molecule has 0 spiro atoms. The summed E-state index contributed by atoms with van der Waals surface area (Å²) >= 11 is 0. The van der Waals surface area contributed by atoms with Gasteiger partial charge in [0.25, 0.3) is 0 Å². The van der Waals surface area contributed by atoms with Gasteiger partial charge < -0.3 is 14.9 Å². The number of rotatable bonds is 6. The van der Waals surface area contributed by atoms with Crippen molar-refractivity contribution >= 4 is 10.0 Å². The van der Waals surface area contributed by atoms with Crippen molar-refractivity contribution in [2.75, 3.05) is 26.3 Å². The van der Waals surface area contributed by atoms with Gasteiger partial charge in [-0.3, -0.25) is 0 Å². The topological polar surface area (TPSA) is 111 Å². The molecule has 1 heterocycles. The van der Waals surface area contributed by atoms with Gasteiger partial charge in [-0.15, -0.1) is 0 Å². The summed E-state index contributed by atoms with van der Waals surface area (Å²) in [6, 6.07) is 6.57. The highest BCUT2D eigenvalue weighted by molar-refractivity contribution is 7.89. The minimum Gasteiger partial charge on any atom is -0.493 e. The highest BCUT2D eigenvalue weighted by Gasteiger charge is 2.50. The van der Waals surface area contributed by atoms with Crippen LogP contribution < -0.4 is 4.74 Å². The molecular weight excluding hydrogens is 506 g/mol. The minimum absolute atomic E-state index is 0.00546. The Labute approximate surface area is 195 Å². The second kappa shape index (κ2) is 9.30. The van der Waals surface area contributed by atoms with Crippen LogP contribution in [0.2, 0.25) is 0 Å². The largest absolute Gasteiger partial charge is 0.493 e. The van der Waals surface area contributed by atoms with E-state index in [4.69, 9.17) is 4.74 Å². The molecule has 2 aromatic carbocycles. The van der Waals surface area contributed by atoms with E-state index in [9.17, 15) is 50.2 Å². The molecule has 2 aromatic rings. The van der Waals surface area contributed by atoms with E-state index in [2.05, 4.69) is 0 Å². The van der Waals surface area contributed by atoms with E-state index in [1.807, 2.05) is 0 Å². The summed E-state index contributed by atoms with van der Waals surface area (Å²) in [5.41, 5.74) is -4.90. The van der Waals surface area contributed by atoms with Gasteiger partial charge in [0.05, 0.1) is 34.8 Å². The predicted molar refractivity (Wildman–Crippen MR) is 107 cm³/mol. The van der Waals surface area contributed by atoms with E-state index in [-0.39, 0.29) is 5.75 Å². The number of nitrogens with zero attached hydrogens (tertiary/aromatic N) is 2. The molecule has 35 heavy (non-hydrogen) atoms. The number of β-amino-alcohol motifs (C(OH)–C–C–N with tert-alkyl or cyclic N) is 1. The van der Waals surface area contributed by atoms with Gasteiger partial charge in [0.15, 0.2) is 0 Å². The number of aliphatic hydroxyl groups is 2. The van der Waals surface area contributed by atoms with Crippen LogP contribution in [0.3, 0.4) is 0 Å². The van der Waals surface area contributed by atoms with Gasteiger partial charge in [-0.05, 0) is 42.5 Å². The summed E-state index contributed by atoms with van der Waals surface area (Å²) in [6.07, 6.45) is -9.37. The van der Waals surface area contributed by atoms with E-state index >= 15 is 0 Å². The molecule has 190 valence electrons. The predicted octanol–water partition coefficient (Wildman–Crippen LogP) is 3.02. The molecule has 0 bridgehead atoms. The minimum atomic E-state index is -4.81. The lowest BCUT2D eigenvalue weighted by Gasteiger charge is -2.26. The van der Waals surface area contributed by atoms with Crippen molar-refractivity contribution in [3.8, 4) is 11.8 Å². The summed E-state index contributed by atoms with van der Waals surface area (Å²) in [6.45, 7) is -2.39. The lowest BCUT2D eigenvalue weighted by atomic mass is 9.92. The summed E-state index contributed by atoms with van der Waals surface area (Å²) in [5.74, 6) is -1.06. The van der Waals surface area contributed by atoms with Crippen molar-refractivity contribution in [2.24, 2.45) is 5.92 Å². The number of sulfonamides is 1. The Morgan fingerprint density at radius 3 is 2.14 bits per heavy atom. The Morgan fingerprint density at radius 1 is 1.06 bits per heavy atom. The van der Waals surface area contributed by atoms with Gasteiger partial charge in [-0.25, -0.2) is 8.42 Å². The summed E-state index contributed by atoms with van der Waals surface area (Å²) in [4.78, 5) is -0.711. The van der Waals surface area contributed by atoms with Crippen molar-refractivity contribution in [3.63, 3.8) is 0 Å². The van der Waals surface area contributed by atoms with Crippen LogP contribution in [0.1, 0.15) is 16.7 Å². The standard InChI is InChI=1S/C21H18F6N2O5S/c22-20(23,24)14-1-4-17(5-2-14)34-10-16-9-29(11-19(16,31)12-30)35(32,33)18-6-3-15(21(25,26)27)7-13(18)8-28/h1-7,16,30-31H,9-12H2/t16-,19-/m1/s1. The van der Waals surface area contributed by atoms with Crippen molar-refractivity contribution in [2.45, 2.75) is 22.8 Å². The molecule has 1 aliphatic rings. The number of benzene rings is 2. The van der Waals surface area contributed by atoms with Crippen molar-refractivity contribution in [3.05, 3.63) is 59.2 Å². The molecule has 1 fully saturated rings. The van der Waals surface area contributed by atoms with Crippen molar-refractivity contribution < 1.29 is 49.7 Å². The molecule has 0 saturated carbocycles. The van der Waals surface area contributed by atoms with Gasteiger partial charge in [0.1, 0.15) is 17.4 Å². The first-order valence-corrected chi connectivity index (χ1v) is 11.3. The van der Waals surface area contributed by atoms with Gasteiger partial charge >= 0.3 is 12.4 Å². The second-order valence-electron chi connectivity index (χ2n) is 7.91. The zero-order valence-corrected chi connectivity index (χ0v) is 18.5. The average Bonchev–Trinajstić information content (AvgIpc) is 3.14. The fourth-order valence-corrected chi connectivity index (χ4v) is 5.25. The van der Waals surface area contributed by atoms with Gasteiger partial charge in [0, 0.05) is 19.0 Å². The maximum Gasteiger partial charge on any atom is 0.416 e. The highest BCUT2D eigenvalue weighted by atomic mass is 32.2. The Bertz CT molecular complexity index is 1220. The number of halogens is 6. The maximum absolute atomic E-state index is 13.1. The summed E-state index contributed by atoms with van der Waals surface area (Å²) < 4.78 is 109. The van der Waals surface area contributed by atoms with Crippen LogP contribution in [0.5, 0.6) is 5.75 Å². The molecule has 1 aliphatic heterocycles. The lowest BCUT2D eigenvalue weighted by molar-refractivity contribution is -0.138. The van der Waals surface area contributed by atoms with E-state index in [1.54, 1.807) is 0 Å². The number of nitriles is 1. The quantitative estimate of drug-likeness (QED) is 0.563. The molecule has 14 heteroatoms. The Kier molecular flexibility index (Phi) is 7.11. The van der Waals surface area contributed by atoms with Crippen molar-refractivity contribution in [1.29, 1.82) is 5.26 Å². The molecule has 0 unspecified atom stereocenters. The maximum atomic E-state index is 13.1. The van der Waals surface area contributed by atoms with Gasteiger partial charge in [-0.2, -0.15) is 35.9 Å². The van der Waals surface area contributed by atoms with Crippen LogP contribution in [0, 0.1) is 17.2 Å². The van der Waals surface area contributed by atoms with Gasteiger partial charge in [-0.1, -0.05) is 0 Å². The molecule has 2 atom stereocenters. The van der Waals surface area contributed by atoms with E-state index in [0.29, 0.717) is 22.5 Å². The summed E-state index contributed by atoms with van der Waals surface area (Å²) in [5, 5.41) is 29.6. The van der Waals surface area contributed by atoms with Crippen LogP contribution in [0.25, 0.3) is 0 Å². The molecule has 0 aliphatic carbocycles. The molecular formula is C21H18F6N2O5S. The van der Waals surface area contributed by atoms with Crippen LogP contribution in [-0.4, -0.2) is 54.8 Å². The Hall–Kier alpha value is -2.86. The van der Waals surface area contributed by atoms with Crippen LogP contribution in [0.15, 0.2) is 47.4 Å². The van der Waals surface area contributed by atoms with E-state index in [0.717, 1.165) is 24.3 Å². The molecule has 0 aromatic heterocycles. The SMILES string of the molecule is N#Cc1cc(C(F)(F)F)ccc1S(=O)(=O)N1C[C@H](COc2ccc(C(F)(F)F)cc2)[C@](O)(CO)C1. The molecule has 1 saturated heterocycles.